The molecule has 0 aliphatic carbocycles. The summed E-state index contributed by atoms with van der Waals surface area (Å²) in [6.45, 7) is 3.10. The molecule has 1 saturated heterocycles. The van der Waals surface area contributed by atoms with E-state index in [0.29, 0.717) is 29.3 Å². The van der Waals surface area contributed by atoms with E-state index in [1.54, 1.807) is 30.3 Å². The van der Waals surface area contributed by atoms with Crippen LogP contribution in [0.25, 0.3) is 0 Å². The Labute approximate surface area is 173 Å². The van der Waals surface area contributed by atoms with Gasteiger partial charge in [-0.25, -0.2) is 4.79 Å². The summed E-state index contributed by atoms with van der Waals surface area (Å²) in [5.41, 5.74) is 1.25. The highest BCUT2D eigenvalue weighted by atomic mass is 32.1. The van der Waals surface area contributed by atoms with E-state index in [4.69, 9.17) is 4.74 Å². The molecular formula is C20H24N4O4S. The summed E-state index contributed by atoms with van der Waals surface area (Å²) in [6, 6.07) is 10.1. The van der Waals surface area contributed by atoms with E-state index < -0.39 is 0 Å². The Morgan fingerprint density at radius 1 is 1.03 bits per heavy atom. The predicted molar refractivity (Wildman–Crippen MR) is 112 cm³/mol. The van der Waals surface area contributed by atoms with Crippen molar-refractivity contribution in [3.8, 4) is 0 Å². The van der Waals surface area contributed by atoms with Gasteiger partial charge in [0.25, 0.3) is 5.91 Å². The number of thiophene rings is 1. The van der Waals surface area contributed by atoms with E-state index in [1.807, 2.05) is 6.07 Å². The van der Waals surface area contributed by atoms with Gasteiger partial charge in [-0.3, -0.25) is 9.59 Å². The molecule has 1 atom stereocenters. The highest BCUT2D eigenvalue weighted by Crippen LogP contribution is 2.19. The van der Waals surface area contributed by atoms with E-state index >= 15 is 0 Å². The zero-order chi connectivity index (χ0) is 20.6. The molecule has 4 amide bonds. The number of rotatable bonds is 7. The van der Waals surface area contributed by atoms with Gasteiger partial charge in [-0.1, -0.05) is 0 Å². The van der Waals surface area contributed by atoms with Crippen LogP contribution >= 0.6 is 11.3 Å². The van der Waals surface area contributed by atoms with Crippen molar-refractivity contribution in [3.05, 3.63) is 46.2 Å². The van der Waals surface area contributed by atoms with Crippen LogP contribution in [-0.2, 0) is 16.1 Å². The third-order valence-electron chi connectivity index (χ3n) is 4.31. The maximum atomic E-state index is 12.4. The lowest BCUT2D eigenvalue weighted by Gasteiger charge is -2.12. The fraction of sp³-hybridized carbons (Fsp3) is 0.350. The molecule has 2 heterocycles. The molecule has 1 aromatic heterocycles. The van der Waals surface area contributed by atoms with E-state index in [-0.39, 0.29) is 23.9 Å². The van der Waals surface area contributed by atoms with Crippen LogP contribution in [0.15, 0.2) is 36.4 Å². The highest BCUT2D eigenvalue weighted by molar-refractivity contribution is 7.14. The fourth-order valence-electron chi connectivity index (χ4n) is 2.82. The van der Waals surface area contributed by atoms with Crippen molar-refractivity contribution >= 4 is 40.6 Å². The third kappa shape index (κ3) is 6.58. The van der Waals surface area contributed by atoms with Crippen molar-refractivity contribution < 1.29 is 19.1 Å². The average Bonchev–Trinajstić information content (AvgIpc) is 3.38. The minimum absolute atomic E-state index is 0.0920. The number of carbonyl (C=O) groups is 3. The van der Waals surface area contributed by atoms with Crippen LogP contribution in [0.4, 0.5) is 16.2 Å². The Hall–Kier alpha value is -2.91. The molecular weight excluding hydrogens is 392 g/mol. The van der Waals surface area contributed by atoms with Crippen molar-refractivity contribution in [1.29, 1.82) is 0 Å². The van der Waals surface area contributed by atoms with Gasteiger partial charge in [0.15, 0.2) is 0 Å². The second-order valence-electron chi connectivity index (χ2n) is 6.68. The summed E-state index contributed by atoms with van der Waals surface area (Å²) in [5, 5.41) is 11.1. The Balaban J connectivity index is 1.46. The molecule has 1 aliphatic rings. The highest BCUT2D eigenvalue weighted by Gasteiger charge is 2.16. The van der Waals surface area contributed by atoms with Gasteiger partial charge in [0.1, 0.15) is 0 Å². The lowest BCUT2D eigenvalue weighted by molar-refractivity contribution is -0.119. The van der Waals surface area contributed by atoms with Gasteiger partial charge in [0.2, 0.25) is 5.91 Å². The van der Waals surface area contributed by atoms with E-state index in [0.717, 1.165) is 24.3 Å². The maximum Gasteiger partial charge on any atom is 0.319 e. The quantitative estimate of drug-likeness (QED) is 0.556. The molecule has 1 aliphatic heterocycles. The summed E-state index contributed by atoms with van der Waals surface area (Å²) >= 11 is 1.33. The van der Waals surface area contributed by atoms with Gasteiger partial charge in [0, 0.05) is 36.3 Å². The minimum atomic E-state index is -0.289. The molecule has 0 saturated carbocycles. The molecule has 1 aromatic carbocycles. The normalized spacial score (nSPS) is 15.6. The van der Waals surface area contributed by atoms with Gasteiger partial charge in [-0.15, -0.1) is 11.3 Å². The standard InChI is InChI=1S/C20H24N4O4S/c1-13(25)21-12-17-8-9-18(29-17)19(26)23-14-4-6-15(7-5-14)24-20(27)22-11-16-3-2-10-28-16/h4-9,16H,2-3,10-12H2,1H3,(H,21,25)(H,23,26)(H2,22,24,27). The van der Waals surface area contributed by atoms with E-state index in [9.17, 15) is 14.4 Å². The topological polar surface area (TPSA) is 109 Å². The largest absolute Gasteiger partial charge is 0.376 e. The van der Waals surface area contributed by atoms with Crippen molar-refractivity contribution in [3.63, 3.8) is 0 Å². The molecule has 0 radical (unpaired) electrons. The summed E-state index contributed by atoms with van der Waals surface area (Å²) in [5.74, 6) is -0.335. The number of benzene rings is 1. The molecule has 0 spiro atoms. The minimum Gasteiger partial charge on any atom is -0.376 e. The van der Waals surface area contributed by atoms with Crippen LogP contribution in [0.3, 0.4) is 0 Å². The second-order valence-corrected chi connectivity index (χ2v) is 7.85. The Kier molecular flexibility index (Phi) is 7.20. The smallest absolute Gasteiger partial charge is 0.319 e. The maximum absolute atomic E-state index is 12.4. The number of hydrogen-bond donors (Lipinski definition) is 4. The van der Waals surface area contributed by atoms with Gasteiger partial charge in [0.05, 0.1) is 17.5 Å². The van der Waals surface area contributed by atoms with Crippen LogP contribution in [0.5, 0.6) is 0 Å². The van der Waals surface area contributed by atoms with Crippen molar-refractivity contribution in [2.75, 3.05) is 23.8 Å². The number of amides is 4. The monoisotopic (exact) mass is 416 g/mol. The summed E-state index contributed by atoms with van der Waals surface area (Å²) in [7, 11) is 0. The Bertz CT molecular complexity index is 860. The second kappa shape index (κ2) is 10.0. The van der Waals surface area contributed by atoms with Crippen LogP contribution in [-0.4, -0.2) is 37.1 Å². The molecule has 1 unspecified atom stereocenters. The summed E-state index contributed by atoms with van der Waals surface area (Å²) in [6.07, 6.45) is 2.09. The van der Waals surface area contributed by atoms with Gasteiger partial charge < -0.3 is 26.0 Å². The number of hydrogen-bond acceptors (Lipinski definition) is 5. The molecule has 3 rings (SSSR count). The Morgan fingerprint density at radius 3 is 2.41 bits per heavy atom. The number of carbonyl (C=O) groups excluding carboxylic acids is 3. The van der Waals surface area contributed by atoms with Gasteiger partial charge >= 0.3 is 6.03 Å². The number of ether oxygens (including phenoxy) is 1. The Morgan fingerprint density at radius 2 is 1.76 bits per heavy atom. The molecule has 8 nitrogen and oxygen atoms in total. The van der Waals surface area contributed by atoms with Crippen molar-refractivity contribution in [2.24, 2.45) is 0 Å². The van der Waals surface area contributed by atoms with Gasteiger partial charge in [-0.2, -0.15) is 0 Å². The molecule has 154 valence electrons. The molecule has 2 aromatic rings. The zero-order valence-corrected chi connectivity index (χ0v) is 16.9. The number of nitrogens with one attached hydrogen (secondary N) is 4. The first-order valence-electron chi connectivity index (χ1n) is 9.40. The van der Waals surface area contributed by atoms with Crippen LogP contribution in [0.2, 0.25) is 0 Å². The lowest BCUT2D eigenvalue weighted by Crippen LogP contribution is -2.35. The summed E-state index contributed by atoms with van der Waals surface area (Å²) < 4.78 is 5.47. The molecule has 0 bridgehead atoms. The lowest BCUT2D eigenvalue weighted by atomic mass is 10.2. The van der Waals surface area contributed by atoms with E-state index in [2.05, 4.69) is 21.3 Å². The van der Waals surface area contributed by atoms with Crippen LogP contribution < -0.4 is 21.3 Å². The number of urea groups is 1. The third-order valence-corrected chi connectivity index (χ3v) is 5.40. The molecule has 4 N–H and O–H groups in total. The zero-order valence-electron chi connectivity index (χ0n) is 16.1. The van der Waals surface area contributed by atoms with Crippen LogP contribution in [0.1, 0.15) is 34.3 Å². The molecule has 29 heavy (non-hydrogen) atoms. The molecule has 1 fully saturated rings. The van der Waals surface area contributed by atoms with Gasteiger partial charge in [-0.05, 0) is 49.2 Å². The first kappa shape index (κ1) is 20.8. The van der Waals surface area contributed by atoms with E-state index in [1.165, 1.54) is 18.3 Å². The first-order chi connectivity index (χ1) is 14.0. The fourth-order valence-corrected chi connectivity index (χ4v) is 3.67. The van der Waals surface area contributed by atoms with Crippen LogP contribution in [0, 0.1) is 0 Å². The van der Waals surface area contributed by atoms with Crippen molar-refractivity contribution in [1.82, 2.24) is 10.6 Å². The SMILES string of the molecule is CC(=O)NCc1ccc(C(=O)Nc2ccc(NC(=O)NCC3CCCO3)cc2)s1. The number of anilines is 2. The molecule has 9 heteroatoms. The predicted octanol–water partition coefficient (Wildman–Crippen LogP) is 2.94. The average molecular weight is 417 g/mol. The first-order valence-corrected chi connectivity index (χ1v) is 10.2. The van der Waals surface area contributed by atoms with Crippen molar-refractivity contribution in [2.45, 2.75) is 32.4 Å². The summed E-state index contributed by atoms with van der Waals surface area (Å²) in [4.78, 5) is 36.7.